The predicted molar refractivity (Wildman–Crippen MR) is 42.0 cm³/mol. The van der Waals surface area contributed by atoms with Crippen LogP contribution in [-0.4, -0.2) is 13.4 Å². The van der Waals surface area contributed by atoms with Gasteiger partial charge in [0.25, 0.3) is 0 Å². The van der Waals surface area contributed by atoms with Crippen molar-refractivity contribution in [2.75, 3.05) is 0 Å². The summed E-state index contributed by atoms with van der Waals surface area (Å²) in [5.74, 6) is 0. The van der Waals surface area contributed by atoms with E-state index < -0.39 is 10.2 Å². The molecule has 66 valence electrons. The molecule has 0 radical (unpaired) electrons. The van der Waals surface area contributed by atoms with Gasteiger partial charge in [-0.3, -0.25) is 4.98 Å². The van der Waals surface area contributed by atoms with E-state index in [4.69, 9.17) is 0 Å². The first-order valence-corrected chi connectivity index (χ1v) is 4.67. The highest BCUT2D eigenvalue weighted by Crippen LogP contribution is 2.13. The first-order valence-electron chi connectivity index (χ1n) is 3.29. The Labute approximate surface area is 70.5 Å². The van der Waals surface area contributed by atoms with Crippen LogP contribution in [-0.2, 0) is 10.2 Å². The summed E-state index contributed by atoms with van der Waals surface area (Å²) in [6, 6.07) is 1.26. The summed E-state index contributed by atoms with van der Waals surface area (Å²) in [7, 11) is -4.60. The number of halogens is 1. The Balaban J connectivity index is 3.33. The van der Waals surface area contributed by atoms with Crippen LogP contribution in [0.2, 0.25) is 0 Å². The fourth-order valence-electron chi connectivity index (χ4n) is 0.751. The van der Waals surface area contributed by atoms with Crippen molar-refractivity contribution in [1.29, 1.82) is 0 Å². The minimum Gasteiger partial charge on any atom is -0.260 e. The van der Waals surface area contributed by atoms with Gasteiger partial charge < -0.3 is 0 Å². The van der Waals surface area contributed by atoms with Crippen LogP contribution < -0.4 is 0 Å². The second-order valence-electron chi connectivity index (χ2n) is 2.51. The van der Waals surface area contributed by atoms with Crippen LogP contribution in [0, 0.1) is 13.8 Å². The maximum absolute atomic E-state index is 12.4. The lowest BCUT2D eigenvalue weighted by Gasteiger charge is -1.99. The van der Waals surface area contributed by atoms with Crippen LogP contribution in [0.25, 0.3) is 0 Å². The zero-order valence-corrected chi connectivity index (χ0v) is 7.52. The topological polar surface area (TPSA) is 47.0 Å². The molecule has 12 heavy (non-hydrogen) atoms. The summed E-state index contributed by atoms with van der Waals surface area (Å²) in [5.41, 5.74) is 1.36. The van der Waals surface area contributed by atoms with Crippen molar-refractivity contribution in [2.24, 2.45) is 0 Å². The first kappa shape index (κ1) is 9.12. The molecule has 3 nitrogen and oxygen atoms in total. The van der Waals surface area contributed by atoms with Crippen molar-refractivity contribution < 1.29 is 12.3 Å². The second kappa shape index (κ2) is 2.82. The van der Waals surface area contributed by atoms with Gasteiger partial charge in [0.1, 0.15) is 4.90 Å². The summed E-state index contributed by atoms with van der Waals surface area (Å²) >= 11 is 0. The molecule has 5 heteroatoms. The molecule has 0 saturated heterocycles. The van der Waals surface area contributed by atoms with Gasteiger partial charge in [0.2, 0.25) is 0 Å². The van der Waals surface area contributed by atoms with Crippen LogP contribution in [0.15, 0.2) is 17.2 Å². The minimum absolute atomic E-state index is 0.384. The van der Waals surface area contributed by atoms with E-state index >= 15 is 0 Å². The number of rotatable bonds is 1. The largest absolute Gasteiger partial charge is 0.333 e. The Kier molecular flexibility index (Phi) is 2.14. The average molecular weight is 189 g/mol. The number of pyridine rings is 1. The van der Waals surface area contributed by atoms with Gasteiger partial charge in [0, 0.05) is 11.9 Å². The Bertz CT molecular complexity index is 400. The highest BCUT2D eigenvalue weighted by Gasteiger charge is 2.12. The van der Waals surface area contributed by atoms with Crippen molar-refractivity contribution in [3.8, 4) is 0 Å². The number of aromatic nitrogens is 1. The Hall–Kier alpha value is -0.970. The van der Waals surface area contributed by atoms with E-state index in [2.05, 4.69) is 4.98 Å². The SMILES string of the molecule is Cc1cc(S(=O)(=O)F)cnc1C. The Morgan fingerprint density at radius 3 is 2.42 bits per heavy atom. The van der Waals surface area contributed by atoms with Gasteiger partial charge in [-0.05, 0) is 25.5 Å². The quantitative estimate of drug-likeness (QED) is 0.626. The molecule has 0 spiro atoms. The molecule has 0 bridgehead atoms. The molecular formula is C7H8FNO2S. The molecule has 1 heterocycles. The van der Waals surface area contributed by atoms with Gasteiger partial charge in [0.15, 0.2) is 0 Å². The van der Waals surface area contributed by atoms with Gasteiger partial charge in [-0.2, -0.15) is 8.42 Å². The zero-order valence-electron chi connectivity index (χ0n) is 6.70. The highest BCUT2D eigenvalue weighted by atomic mass is 32.3. The smallest absolute Gasteiger partial charge is 0.260 e. The van der Waals surface area contributed by atoms with E-state index in [-0.39, 0.29) is 4.90 Å². The van der Waals surface area contributed by atoms with Gasteiger partial charge in [-0.15, -0.1) is 3.89 Å². The second-order valence-corrected chi connectivity index (χ2v) is 3.86. The van der Waals surface area contributed by atoms with E-state index in [9.17, 15) is 12.3 Å². The van der Waals surface area contributed by atoms with Crippen LogP contribution in [0.4, 0.5) is 3.89 Å². The molecule has 1 aromatic rings. The standard InChI is InChI=1S/C7H8FNO2S/c1-5-3-7(12(8,10)11)4-9-6(5)2/h3-4H,1-2H3. The molecule has 0 fully saturated rings. The monoisotopic (exact) mass is 189 g/mol. The van der Waals surface area contributed by atoms with Crippen molar-refractivity contribution in [3.05, 3.63) is 23.5 Å². The van der Waals surface area contributed by atoms with Crippen LogP contribution >= 0.6 is 0 Å². The van der Waals surface area contributed by atoms with Gasteiger partial charge >= 0.3 is 10.2 Å². The fourth-order valence-corrected chi connectivity index (χ4v) is 1.25. The first-order chi connectivity index (χ1) is 5.41. The Morgan fingerprint density at radius 2 is 2.00 bits per heavy atom. The molecular weight excluding hydrogens is 181 g/mol. The van der Waals surface area contributed by atoms with E-state index in [0.29, 0.717) is 11.3 Å². The van der Waals surface area contributed by atoms with Crippen molar-refractivity contribution in [2.45, 2.75) is 18.7 Å². The van der Waals surface area contributed by atoms with Gasteiger partial charge in [-0.25, -0.2) is 0 Å². The summed E-state index contributed by atoms with van der Waals surface area (Å²) in [4.78, 5) is 3.34. The molecule has 1 aromatic heterocycles. The van der Waals surface area contributed by atoms with Crippen molar-refractivity contribution >= 4 is 10.2 Å². The van der Waals surface area contributed by atoms with Gasteiger partial charge in [0.05, 0.1) is 0 Å². The van der Waals surface area contributed by atoms with E-state index in [1.807, 2.05) is 0 Å². The molecule has 0 aliphatic carbocycles. The van der Waals surface area contributed by atoms with Crippen LogP contribution in [0.3, 0.4) is 0 Å². The third-order valence-electron chi connectivity index (χ3n) is 1.60. The molecule has 0 amide bonds. The number of hydrogen-bond donors (Lipinski definition) is 0. The summed E-state index contributed by atoms with van der Waals surface area (Å²) in [6.45, 7) is 3.40. The molecule has 0 aliphatic rings. The fraction of sp³-hybridized carbons (Fsp3) is 0.286. The van der Waals surface area contributed by atoms with E-state index in [0.717, 1.165) is 6.20 Å². The predicted octanol–water partition coefficient (Wildman–Crippen LogP) is 1.36. The zero-order chi connectivity index (χ0) is 9.35. The van der Waals surface area contributed by atoms with E-state index in [1.54, 1.807) is 13.8 Å². The summed E-state index contributed by atoms with van der Waals surface area (Å²) in [5, 5.41) is 0. The molecule has 0 aliphatic heterocycles. The van der Waals surface area contributed by atoms with Crippen LogP contribution in [0.1, 0.15) is 11.3 Å². The maximum atomic E-state index is 12.4. The molecule has 0 N–H and O–H groups in total. The average Bonchev–Trinajstić information content (AvgIpc) is 1.92. The minimum atomic E-state index is -4.60. The Morgan fingerprint density at radius 1 is 1.42 bits per heavy atom. The third-order valence-corrected chi connectivity index (χ3v) is 2.38. The lowest BCUT2D eigenvalue weighted by Crippen LogP contribution is -1.95. The number of aryl methyl sites for hydroxylation is 2. The van der Waals surface area contributed by atoms with Crippen molar-refractivity contribution in [3.63, 3.8) is 0 Å². The molecule has 0 aromatic carbocycles. The summed E-state index contributed by atoms with van der Waals surface area (Å²) < 4.78 is 33.1. The molecule has 0 saturated carbocycles. The molecule has 0 unspecified atom stereocenters. The normalized spacial score (nSPS) is 11.6. The third kappa shape index (κ3) is 1.79. The van der Waals surface area contributed by atoms with Crippen LogP contribution in [0.5, 0.6) is 0 Å². The lowest BCUT2D eigenvalue weighted by atomic mass is 10.2. The van der Waals surface area contributed by atoms with Gasteiger partial charge in [-0.1, -0.05) is 0 Å². The highest BCUT2D eigenvalue weighted by molar-refractivity contribution is 7.86. The van der Waals surface area contributed by atoms with E-state index in [1.165, 1.54) is 6.07 Å². The number of hydrogen-bond acceptors (Lipinski definition) is 3. The lowest BCUT2D eigenvalue weighted by molar-refractivity contribution is 0.551. The molecule has 1 rings (SSSR count). The van der Waals surface area contributed by atoms with Crippen molar-refractivity contribution in [1.82, 2.24) is 4.98 Å². The number of nitrogens with zero attached hydrogens (tertiary/aromatic N) is 1. The molecule has 0 atom stereocenters. The maximum Gasteiger partial charge on any atom is 0.333 e. The summed E-state index contributed by atoms with van der Waals surface area (Å²) in [6.07, 6.45) is 1.01.